The summed E-state index contributed by atoms with van der Waals surface area (Å²) in [5, 5.41) is 14.6. The zero-order valence-corrected chi connectivity index (χ0v) is 13.4. The highest BCUT2D eigenvalue weighted by molar-refractivity contribution is 5.95. The molecule has 0 fully saturated rings. The first kappa shape index (κ1) is 18.2. The smallest absolute Gasteiger partial charge is 0.350 e. The summed E-state index contributed by atoms with van der Waals surface area (Å²) in [5.41, 5.74) is 0.976. The van der Waals surface area contributed by atoms with Crippen LogP contribution in [0.25, 0.3) is 0 Å². The largest absolute Gasteiger partial charge is 0.462 e. The Kier molecular flexibility index (Phi) is 7.94. The van der Waals surface area contributed by atoms with Crippen molar-refractivity contribution in [3.63, 3.8) is 0 Å². The minimum atomic E-state index is -0.684. The van der Waals surface area contributed by atoms with Gasteiger partial charge in [0.2, 0.25) is 0 Å². The van der Waals surface area contributed by atoms with Gasteiger partial charge in [-0.1, -0.05) is 19.4 Å². The highest BCUT2D eigenvalue weighted by Crippen LogP contribution is 2.11. The number of esters is 1. The van der Waals surface area contributed by atoms with Crippen molar-refractivity contribution in [2.24, 2.45) is 0 Å². The predicted molar refractivity (Wildman–Crippen MR) is 87.6 cm³/mol. The Morgan fingerprint density at radius 2 is 2.13 bits per heavy atom. The summed E-state index contributed by atoms with van der Waals surface area (Å²) < 4.78 is 4.77. The Morgan fingerprint density at radius 3 is 2.78 bits per heavy atom. The van der Waals surface area contributed by atoms with E-state index in [4.69, 9.17) is 10.00 Å². The number of carbonyl (C=O) groups is 2. The molecule has 122 valence electrons. The van der Waals surface area contributed by atoms with E-state index in [0.717, 1.165) is 12.8 Å². The van der Waals surface area contributed by atoms with Crippen molar-refractivity contribution in [3.05, 3.63) is 41.6 Å². The van der Waals surface area contributed by atoms with Crippen molar-refractivity contribution in [3.8, 4) is 6.07 Å². The normalized spacial score (nSPS) is 10.6. The lowest BCUT2D eigenvalue weighted by atomic mass is 10.2. The fourth-order valence-corrected chi connectivity index (χ4v) is 1.73. The molecule has 0 saturated heterocycles. The summed E-state index contributed by atoms with van der Waals surface area (Å²) >= 11 is 0. The van der Waals surface area contributed by atoms with Gasteiger partial charge in [0.15, 0.2) is 5.57 Å². The second kappa shape index (κ2) is 10.0. The average Bonchev–Trinajstić information content (AvgIpc) is 2.56. The molecule has 0 aromatic heterocycles. The molecule has 0 spiro atoms. The number of nitrogens with one attached hydrogen (secondary N) is 2. The standard InChI is InChI=1S/C17H21N3O3/c1-3-5-9-19-16(21)13-7-6-8-15(10-13)20-12-14(11-18)17(22)23-4-2/h6-8,10,12,20H,3-5,9H2,1-2H3,(H,19,21)/b14-12-. The fourth-order valence-electron chi connectivity index (χ4n) is 1.73. The number of unbranched alkanes of at least 4 members (excludes halogenated alkanes) is 1. The minimum absolute atomic E-state index is 0.135. The summed E-state index contributed by atoms with van der Waals surface area (Å²) in [7, 11) is 0. The summed E-state index contributed by atoms with van der Waals surface area (Å²) in [4.78, 5) is 23.5. The van der Waals surface area contributed by atoms with E-state index in [0.29, 0.717) is 17.8 Å². The molecule has 0 heterocycles. The van der Waals surface area contributed by atoms with Gasteiger partial charge in [0, 0.05) is 24.0 Å². The first-order valence-corrected chi connectivity index (χ1v) is 7.54. The SMILES string of the molecule is CCCCNC(=O)c1cccc(N/C=C(/C#N)C(=O)OCC)c1. The van der Waals surface area contributed by atoms with Gasteiger partial charge in [0.05, 0.1) is 6.61 Å². The number of ether oxygens (including phenoxy) is 1. The molecule has 6 heteroatoms. The second-order valence-electron chi connectivity index (χ2n) is 4.72. The van der Waals surface area contributed by atoms with Crippen LogP contribution in [-0.2, 0) is 9.53 Å². The maximum absolute atomic E-state index is 12.0. The molecule has 2 N–H and O–H groups in total. The van der Waals surface area contributed by atoms with E-state index < -0.39 is 5.97 Å². The minimum Gasteiger partial charge on any atom is -0.462 e. The number of nitriles is 1. The van der Waals surface area contributed by atoms with Crippen LogP contribution in [0, 0.1) is 11.3 Å². The predicted octanol–water partition coefficient (Wildman–Crippen LogP) is 2.60. The highest BCUT2D eigenvalue weighted by atomic mass is 16.5. The molecule has 1 amide bonds. The van der Waals surface area contributed by atoms with Crippen molar-refractivity contribution in [1.82, 2.24) is 5.32 Å². The fraction of sp³-hybridized carbons (Fsp3) is 0.353. The third kappa shape index (κ3) is 6.22. The monoisotopic (exact) mass is 315 g/mol. The molecule has 0 bridgehead atoms. The number of anilines is 1. The Bertz CT molecular complexity index is 618. The molecular weight excluding hydrogens is 294 g/mol. The molecule has 6 nitrogen and oxygen atoms in total. The lowest BCUT2D eigenvalue weighted by molar-refractivity contribution is -0.138. The van der Waals surface area contributed by atoms with E-state index in [1.54, 1.807) is 37.3 Å². The van der Waals surface area contributed by atoms with E-state index in [-0.39, 0.29) is 18.1 Å². The third-order valence-electron chi connectivity index (χ3n) is 2.94. The van der Waals surface area contributed by atoms with Crippen molar-refractivity contribution < 1.29 is 14.3 Å². The van der Waals surface area contributed by atoms with Crippen LogP contribution < -0.4 is 10.6 Å². The first-order chi connectivity index (χ1) is 11.1. The van der Waals surface area contributed by atoms with Gasteiger partial charge in [0.25, 0.3) is 5.91 Å². The van der Waals surface area contributed by atoms with Gasteiger partial charge >= 0.3 is 5.97 Å². The number of benzene rings is 1. The summed E-state index contributed by atoms with van der Waals surface area (Å²) in [6.07, 6.45) is 3.21. The number of rotatable bonds is 8. The van der Waals surface area contributed by atoms with Crippen LogP contribution in [0.1, 0.15) is 37.0 Å². The second-order valence-corrected chi connectivity index (χ2v) is 4.72. The van der Waals surface area contributed by atoms with Gasteiger partial charge in [-0.25, -0.2) is 4.79 Å². The van der Waals surface area contributed by atoms with Crippen LogP contribution in [0.2, 0.25) is 0 Å². The molecular formula is C17H21N3O3. The molecule has 0 aliphatic rings. The van der Waals surface area contributed by atoms with Gasteiger partial charge in [-0.2, -0.15) is 5.26 Å². The molecule has 0 radical (unpaired) electrons. The molecule has 23 heavy (non-hydrogen) atoms. The Labute approximate surface area is 136 Å². The van der Waals surface area contributed by atoms with Crippen molar-refractivity contribution in [1.29, 1.82) is 5.26 Å². The quantitative estimate of drug-likeness (QED) is 0.333. The van der Waals surface area contributed by atoms with E-state index in [9.17, 15) is 9.59 Å². The molecule has 0 atom stereocenters. The number of amides is 1. The Balaban J connectivity index is 2.75. The number of hydrogen-bond donors (Lipinski definition) is 2. The lowest BCUT2D eigenvalue weighted by Gasteiger charge is -2.07. The maximum Gasteiger partial charge on any atom is 0.350 e. The molecule has 1 aromatic rings. The van der Waals surface area contributed by atoms with E-state index in [2.05, 4.69) is 17.6 Å². The zero-order chi connectivity index (χ0) is 17.1. The molecule has 1 aromatic carbocycles. The van der Waals surface area contributed by atoms with Crippen LogP contribution in [-0.4, -0.2) is 25.0 Å². The lowest BCUT2D eigenvalue weighted by Crippen LogP contribution is -2.24. The summed E-state index contributed by atoms with van der Waals surface area (Å²) in [5.74, 6) is -0.840. The van der Waals surface area contributed by atoms with Crippen LogP contribution in [0.15, 0.2) is 36.0 Å². The topological polar surface area (TPSA) is 91.2 Å². The van der Waals surface area contributed by atoms with E-state index >= 15 is 0 Å². The number of hydrogen-bond acceptors (Lipinski definition) is 5. The molecule has 0 aliphatic heterocycles. The van der Waals surface area contributed by atoms with Gasteiger partial charge in [-0.3, -0.25) is 4.79 Å². The molecule has 0 aliphatic carbocycles. The van der Waals surface area contributed by atoms with E-state index in [1.165, 1.54) is 6.20 Å². The van der Waals surface area contributed by atoms with Gasteiger partial charge < -0.3 is 15.4 Å². The highest BCUT2D eigenvalue weighted by Gasteiger charge is 2.09. The van der Waals surface area contributed by atoms with Crippen LogP contribution in [0.3, 0.4) is 0 Å². The number of carbonyl (C=O) groups excluding carboxylic acids is 2. The summed E-state index contributed by atoms with van der Waals surface area (Å²) in [6.45, 7) is 4.56. The summed E-state index contributed by atoms with van der Waals surface area (Å²) in [6, 6.07) is 8.58. The van der Waals surface area contributed by atoms with Crippen molar-refractivity contribution in [2.45, 2.75) is 26.7 Å². The molecule has 0 unspecified atom stereocenters. The third-order valence-corrected chi connectivity index (χ3v) is 2.94. The van der Waals surface area contributed by atoms with Crippen LogP contribution >= 0.6 is 0 Å². The molecule has 1 rings (SSSR count). The van der Waals surface area contributed by atoms with Crippen LogP contribution in [0.5, 0.6) is 0 Å². The molecule has 0 saturated carbocycles. The van der Waals surface area contributed by atoms with Crippen molar-refractivity contribution in [2.75, 3.05) is 18.5 Å². The van der Waals surface area contributed by atoms with Gasteiger partial charge in [-0.15, -0.1) is 0 Å². The Hall–Kier alpha value is -2.81. The van der Waals surface area contributed by atoms with E-state index in [1.807, 2.05) is 0 Å². The Morgan fingerprint density at radius 1 is 1.35 bits per heavy atom. The van der Waals surface area contributed by atoms with Gasteiger partial charge in [-0.05, 0) is 31.5 Å². The van der Waals surface area contributed by atoms with Gasteiger partial charge in [0.1, 0.15) is 6.07 Å². The zero-order valence-electron chi connectivity index (χ0n) is 13.4. The van der Waals surface area contributed by atoms with Crippen LogP contribution in [0.4, 0.5) is 5.69 Å². The average molecular weight is 315 g/mol. The maximum atomic E-state index is 12.0. The number of nitrogens with zero attached hydrogens (tertiary/aromatic N) is 1. The first-order valence-electron chi connectivity index (χ1n) is 7.54. The van der Waals surface area contributed by atoms with Crippen molar-refractivity contribution >= 4 is 17.6 Å².